The highest BCUT2D eigenvalue weighted by Crippen LogP contribution is 2.08. The lowest BCUT2D eigenvalue weighted by molar-refractivity contribution is 0.391. The van der Waals surface area contributed by atoms with E-state index < -0.39 is 0 Å². The van der Waals surface area contributed by atoms with Crippen molar-refractivity contribution in [2.45, 2.75) is 19.6 Å². The zero-order valence-electron chi connectivity index (χ0n) is 9.06. The minimum atomic E-state index is 0. The van der Waals surface area contributed by atoms with Crippen LogP contribution >= 0.6 is 24.8 Å². The first-order valence-electron chi connectivity index (χ1n) is 4.67. The molecule has 0 aliphatic carbocycles. The van der Waals surface area contributed by atoms with Gasteiger partial charge in [-0.15, -0.1) is 24.8 Å². The highest BCUT2D eigenvalue weighted by atomic mass is 35.5. The van der Waals surface area contributed by atoms with Crippen LogP contribution in [-0.4, -0.2) is 35.3 Å². The Labute approximate surface area is 103 Å². The predicted molar refractivity (Wildman–Crippen MR) is 65.8 cm³/mol. The Morgan fingerprint density at radius 3 is 2.80 bits per heavy atom. The second kappa shape index (κ2) is 6.33. The Bertz CT molecular complexity index is 275. The molecule has 0 aromatic carbocycles. The molecule has 1 aromatic heterocycles. The van der Waals surface area contributed by atoms with Gasteiger partial charge in [-0.1, -0.05) is 0 Å². The Morgan fingerprint density at radius 1 is 1.47 bits per heavy atom. The van der Waals surface area contributed by atoms with E-state index in [2.05, 4.69) is 40.2 Å². The summed E-state index contributed by atoms with van der Waals surface area (Å²) in [5.41, 5.74) is 2.48. The molecule has 0 saturated heterocycles. The zero-order valence-corrected chi connectivity index (χ0v) is 10.7. The number of fused-ring (bicyclic) bond motifs is 1. The third-order valence-electron chi connectivity index (χ3n) is 2.20. The van der Waals surface area contributed by atoms with E-state index in [0.29, 0.717) is 0 Å². The van der Waals surface area contributed by atoms with Crippen LogP contribution in [-0.2, 0) is 19.6 Å². The van der Waals surface area contributed by atoms with E-state index >= 15 is 0 Å². The van der Waals surface area contributed by atoms with Gasteiger partial charge in [0.2, 0.25) is 0 Å². The smallest absolute Gasteiger partial charge is 0.0767 e. The van der Waals surface area contributed by atoms with Gasteiger partial charge in [0, 0.05) is 19.6 Å². The Hall–Kier alpha value is -0.290. The summed E-state index contributed by atoms with van der Waals surface area (Å²) in [6.07, 6.45) is 0. The summed E-state index contributed by atoms with van der Waals surface area (Å²) in [6.45, 7) is 3.93. The van der Waals surface area contributed by atoms with E-state index in [-0.39, 0.29) is 24.8 Å². The summed E-state index contributed by atoms with van der Waals surface area (Å²) >= 11 is 0. The largest absolute Gasteiger partial charge is 0.309 e. The number of hydrogen-bond donors (Lipinski definition) is 1. The molecule has 0 atom stereocenters. The summed E-state index contributed by atoms with van der Waals surface area (Å²) in [6, 6.07) is 2.19. The molecule has 0 bridgehead atoms. The molecule has 1 aliphatic rings. The highest BCUT2D eigenvalue weighted by Gasteiger charge is 2.11. The van der Waals surface area contributed by atoms with Crippen molar-refractivity contribution >= 4 is 24.8 Å². The van der Waals surface area contributed by atoms with Crippen molar-refractivity contribution in [1.29, 1.82) is 0 Å². The van der Waals surface area contributed by atoms with Gasteiger partial charge < -0.3 is 10.2 Å². The molecule has 15 heavy (non-hydrogen) atoms. The van der Waals surface area contributed by atoms with Crippen molar-refractivity contribution in [3.63, 3.8) is 0 Å². The Morgan fingerprint density at radius 2 is 2.20 bits per heavy atom. The predicted octanol–water partition coefficient (Wildman–Crippen LogP) is 0.891. The lowest BCUT2D eigenvalue weighted by atomic mass is 10.3. The maximum absolute atomic E-state index is 4.53. The minimum Gasteiger partial charge on any atom is -0.309 e. The Balaban J connectivity index is 0.000000980. The molecule has 0 unspecified atom stereocenters. The third-order valence-corrected chi connectivity index (χ3v) is 2.20. The number of aromatic nitrogens is 2. The maximum Gasteiger partial charge on any atom is 0.0767 e. The van der Waals surface area contributed by atoms with Crippen LogP contribution in [0.4, 0.5) is 0 Å². The molecule has 1 N–H and O–H groups in total. The quantitative estimate of drug-likeness (QED) is 0.849. The number of halogens is 2. The molecule has 0 saturated carbocycles. The van der Waals surface area contributed by atoms with E-state index in [9.17, 15) is 0 Å². The average Bonchev–Trinajstić information content (AvgIpc) is 2.44. The van der Waals surface area contributed by atoms with Crippen LogP contribution < -0.4 is 5.32 Å². The molecule has 4 nitrogen and oxygen atoms in total. The molecule has 1 aliphatic heterocycles. The van der Waals surface area contributed by atoms with E-state index in [1.807, 2.05) is 0 Å². The maximum atomic E-state index is 4.53. The Kier molecular flexibility index (Phi) is 6.20. The normalized spacial score (nSPS) is 14.1. The van der Waals surface area contributed by atoms with Crippen LogP contribution in [0.3, 0.4) is 0 Å². The summed E-state index contributed by atoms with van der Waals surface area (Å²) < 4.78 is 2.11. The van der Waals surface area contributed by atoms with Crippen molar-refractivity contribution in [1.82, 2.24) is 20.0 Å². The molecule has 0 spiro atoms. The summed E-state index contributed by atoms with van der Waals surface area (Å²) in [5, 5.41) is 7.86. The van der Waals surface area contributed by atoms with E-state index in [4.69, 9.17) is 0 Å². The summed E-state index contributed by atoms with van der Waals surface area (Å²) in [5.74, 6) is 0. The number of nitrogens with one attached hydrogen (secondary N) is 1. The molecule has 2 rings (SSSR count). The number of nitrogens with zero attached hydrogens (tertiary/aromatic N) is 3. The van der Waals surface area contributed by atoms with Crippen LogP contribution in [0.5, 0.6) is 0 Å². The van der Waals surface area contributed by atoms with E-state index in [1.54, 1.807) is 0 Å². The first kappa shape index (κ1) is 14.7. The standard InChI is InChI=1S/C9H16N4.2ClH/c1-12(2)7-8-5-9-6-10-3-4-13(9)11-8;;/h5,10H,3-4,6-7H2,1-2H3;2*1H. The molecule has 0 fully saturated rings. The molecular weight excluding hydrogens is 235 g/mol. The van der Waals surface area contributed by atoms with Crippen LogP contribution in [0.25, 0.3) is 0 Å². The first-order chi connectivity index (χ1) is 6.25. The van der Waals surface area contributed by atoms with Crippen molar-refractivity contribution in [2.24, 2.45) is 0 Å². The number of rotatable bonds is 2. The average molecular weight is 253 g/mol. The van der Waals surface area contributed by atoms with Crippen molar-refractivity contribution in [3.8, 4) is 0 Å². The molecule has 1 aromatic rings. The topological polar surface area (TPSA) is 33.1 Å². The fourth-order valence-corrected chi connectivity index (χ4v) is 1.65. The van der Waals surface area contributed by atoms with Gasteiger partial charge in [0.15, 0.2) is 0 Å². The molecule has 2 heterocycles. The minimum absolute atomic E-state index is 0. The lowest BCUT2D eigenvalue weighted by Crippen LogP contribution is -2.28. The lowest BCUT2D eigenvalue weighted by Gasteiger charge is -2.13. The second-order valence-corrected chi connectivity index (χ2v) is 3.76. The third kappa shape index (κ3) is 3.65. The van der Waals surface area contributed by atoms with Crippen LogP contribution in [0, 0.1) is 0 Å². The molecule has 0 radical (unpaired) electrons. The molecular formula is C9H18Cl2N4. The van der Waals surface area contributed by atoms with Crippen LogP contribution in [0.2, 0.25) is 0 Å². The molecule has 0 amide bonds. The van der Waals surface area contributed by atoms with Gasteiger partial charge in [0.25, 0.3) is 0 Å². The van der Waals surface area contributed by atoms with Crippen LogP contribution in [0.1, 0.15) is 11.4 Å². The monoisotopic (exact) mass is 252 g/mol. The van der Waals surface area contributed by atoms with E-state index in [1.165, 1.54) is 11.4 Å². The van der Waals surface area contributed by atoms with Gasteiger partial charge in [-0.25, -0.2) is 0 Å². The molecule has 88 valence electrons. The van der Waals surface area contributed by atoms with Crippen molar-refractivity contribution in [3.05, 3.63) is 17.5 Å². The highest BCUT2D eigenvalue weighted by molar-refractivity contribution is 5.85. The summed E-state index contributed by atoms with van der Waals surface area (Å²) in [4.78, 5) is 2.14. The summed E-state index contributed by atoms with van der Waals surface area (Å²) in [7, 11) is 4.13. The zero-order chi connectivity index (χ0) is 9.26. The van der Waals surface area contributed by atoms with Gasteiger partial charge in [0.1, 0.15) is 0 Å². The van der Waals surface area contributed by atoms with E-state index in [0.717, 1.165) is 26.2 Å². The fraction of sp³-hybridized carbons (Fsp3) is 0.667. The van der Waals surface area contributed by atoms with Gasteiger partial charge >= 0.3 is 0 Å². The number of hydrogen-bond acceptors (Lipinski definition) is 3. The van der Waals surface area contributed by atoms with Gasteiger partial charge in [-0.3, -0.25) is 4.68 Å². The van der Waals surface area contributed by atoms with Gasteiger partial charge in [0.05, 0.1) is 17.9 Å². The second-order valence-electron chi connectivity index (χ2n) is 3.76. The molecule has 6 heteroatoms. The van der Waals surface area contributed by atoms with Crippen molar-refractivity contribution in [2.75, 3.05) is 20.6 Å². The fourth-order valence-electron chi connectivity index (χ4n) is 1.65. The van der Waals surface area contributed by atoms with Gasteiger partial charge in [-0.2, -0.15) is 5.10 Å². The van der Waals surface area contributed by atoms with Gasteiger partial charge in [-0.05, 0) is 20.2 Å². The SMILES string of the molecule is CN(C)Cc1cc2n(n1)CCNC2.Cl.Cl. The first-order valence-corrected chi connectivity index (χ1v) is 4.67. The van der Waals surface area contributed by atoms with Crippen molar-refractivity contribution < 1.29 is 0 Å². The van der Waals surface area contributed by atoms with Crippen LogP contribution in [0.15, 0.2) is 6.07 Å².